The van der Waals surface area contributed by atoms with Crippen molar-refractivity contribution in [2.75, 3.05) is 13.1 Å². The van der Waals surface area contributed by atoms with Crippen LogP contribution in [0.25, 0.3) is 0 Å². The number of carboxylic acids is 1. The summed E-state index contributed by atoms with van der Waals surface area (Å²) < 4.78 is 0.916. The van der Waals surface area contributed by atoms with Gasteiger partial charge in [-0.05, 0) is 31.2 Å². The molecule has 0 saturated carbocycles. The lowest BCUT2D eigenvalue weighted by Gasteiger charge is -2.16. The van der Waals surface area contributed by atoms with Crippen LogP contribution < -0.4 is 0 Å². The molecule has 4 nitrogen and oxygen atoms in total. The lowest BCUT2D eigenvalue weighted by atomic mass is 10.1. The summed E-state index contributed by atoms with van der Waals surface area (Å²) in [5, 5.41) is 18.6. The summed E-state index contributed by atoms with van der Waals surface area (Å²) in [5.74, 6) is -0.748. The first kappa shape index (κ1) is 12.4. The van der Waals surface area contributed by atoms with Gasteiger partial charge in [0, 0.05) is 23.1 Å². The van der Waals surface area contributed by atoms with Crippen LogP contribution in [-0.4, -0.2) is 34.2 Å². The first-order chi connectivity index (χ1) is 8.06. The quantitative estimate of drug-likeness (QED) is 0.897. The van der Waals surface area contributed by atoms with Gasteiger partial charge in [0.05, 0.1) is 5.92 Å². The van der Waals surface area contributed by atoms with Gasteiger partial charge in [-0.3, -0.25) is 9.69 Å². The van der Waals surface area contributed by atoms with Gasteiger partial charge in [0.2, 0.25) is 0 Å². The SMILES string of the molecule is O=C(O)[C@@H]1CCN(Cc2cc(Br)ccc2O)C1. The molecule has 1 aliphatic heterocycles. The van der Waals surface area contributed by atoms with E-state index in [-0.39, 0.29) is 11.7 Å². The van der Waals surface area contributed by atoms with E-state index in [0.717, 1.165) is 16.6 Å². The van der Waals surface area contributed by atoms with Gasteiger partial charge >= 0.3 is 5.97 Å². The van der Waals surface area contributed by atoms with Crippen LogP contribution in [0.5, 0.6) is 5.75 Å². The van der Waals surface area contributed by atoms with Crippen LogP contribution >= 0.6 is 15.9 Å². The maximum atomic E-state index is 10.8. The first-order valence-electron chi connectivity index (χ1n) is 5.49. The highest BCUT2D eigenvalue weighted by atomic mass is 79.9. The van der Waals surface area contributed by atoms with Crippen LogP contribution in [-0.2, 0) is 11.3 Å². The van der Waals surface area contributed by atoms with Crippen molar-refractivity contribution in [2.24, 2.45) is 5.92 Å². The largest absolute Gasteiger partial charge is 0.508 e. The van der Waals surface area contributed by atoms with Crippen molar-refractivity contribution < 1.29 is 15.0 Å². The predicted molar refractivity (Wildman–Crippen MR) is 66.8 cm³/mol. The second kappa shape index (κ2) is 5.06. The summed E-state index contributed by atoms with van der Waals surface area (Å²) in [4.78, 5) is 12.9. The number of hydrogen-bond acceptors (Lipinski definition) is 3. The second-order valence-corrected chi connectivity index (χ2v) is 5.25. The van der Waals surface area contributed by atoms with Gasteiger partial charge in [-0.15, -0.1) is 0 Å². The minimum atomic E-state index is -0.731. The molecule has 92 valence electrons. The normalized spacial score (nSPS) is 20.6. The Balaban J connectivity index is 2.02. The molecule has 1 atom stereocenters. The van der Waals surface area contributed by atoms with E-state index < -0.39 is 5.97 Å². The number of aliphatic carboxylic acids is 1. The van der Waals surface area contributed by atoms with E-state index in [1.807, 2.05) is 6.07 Å². The predicted octanol–water partition coefficient (Wildman–Crippen LogP) is 2.06. The molecular formula is C12H14BrNO3. The van der Waals surface area contributed by atoms with E-state index in [0.29, 0.717) is 19.5 Å². The van der Waals surface area contributed by atoms with Crippen LogP contribution in [0, 0.1) is 5.92 Å². The van der Waals surface area contributed by atoms with Crippen LogP contribution in [0.2, 0.25) is 0 Å². The Labute approximate surface area is 108 Å². The average Bonchev–Trinajstić information content (AvgIpc) is 2.72. The van der Waals surface area contributed by atoms with Gasteiger partial charge in [-0.2, -0.15) is 0 Å². The van der Waals surface area contributed by atoms with E-state index in [9.17, 15) is 9.90 Å². The first-order valence-corrected chi connectivity index (χ1v) is 6.28. The summed E-state index contributed by atoms with van der Waals surface area (Å²) in [5.41, 5.74) is 0.824. The Kier molecular flexibility index (Phi) is 3.69. The molecule has 5 heteroatoms. The molecule has 17 heavy (non-hydrogen) atoms. The van der Waals surface area contributed by atoms with Crippen molar-refractivity contribution in [3.63, 3.8) is 0 Å². The molecule has 1 heterocycles. The van der Waals surface area contributed by atoms with Crippen molar-refractivity contribution >= 4 is 21.9 Å². The number of benzene rings is 1. The molecule has 1 saturated heterocycles. The molecule has 1 aromatic rings. The number of phenols is 1. The fourth-order valence-corrected chi connectivity index (χ4v) is 2.51. The fraction of sp³-hybridized carbons (Fsp3) is 0.417. The maximum absolute atomic E-state index is 10.8. The molecule has 0 unspecified atom stereocenters. The molecule has 1 aromatic carbocycles. The highest BCUT2D eigenvalue weighted by molar-refractivity contribution is 9.10. The summed E-state index contributed by atoms with van der Waals surface area (Å²) in [6.45, 7) is 1.92. The molecule has 1 aliphatic rings. The molecule has 2 rings (SSSR count). The van der Waals surface area contributed by atoms with E-state index in [1.165, 1.54) is 0 Å². The lowest BCUT2D eigenvalue weighted by molar-refractivity contribution is -0.141. The molecule has 2 N–H and O–H groups in total. The van der Waals surface area contributed by atoms with Crippen molar-refractivity contribution in [1.82, 2.24) is 4.90 Å². The summed E-state index contributed by atoms with van der Waals surface area (Å²) in [6, 6.07) is 5.29. The Morgan fingerprint density at radius 1 is 1.53 bits per heavy atom. The molecular weight excluding hydrogens is 286 g/mol. The van der Waals surface area contributed by atoms with Gasteiger partial charge in [0.1, 0.15) is 5.75 Å². The van der Waals surface area contributed by atoms with E-state index in [1.54, 1.807) is 12.1 Å². The number of nitrogens with zero attached hydrogens (tertiary/aromatic N) is 1. The molecule has 0 aliphatic carbocycles. The van der Waals surface area contributed by atoms with Crippen molar-refractivity contribution in [3.05, 3.63) is 28.2 Å². The van der Waals surface area contributed by atoms with Gasteiger partial charge in [0.15, 0.2) is 0 Å². The van der Waals surface area contributed by atoms with Crippen LogP contribution in [0.1, 0.15) is 12.0 Å². The molecule has 0 radical (unpaired) electrons. The summed E-state index contributed by atoms with van der Waals surface area (Å²) in [6.07, 6.45) is 0.685. The number of phenolic OH excluding ortho intramolecular Hbond substituents is 1. The average molecular weight is 300 g/mol. The fourth-order valence-electron chi connectivity index (χ4n) is 2.10. The minimum absolute atomic E-state index is 0.256. The highest BCUT2D eigenvalue weighted by Crippen LogP contribution is 2.26. The van der Waals surface area contributed by atoms with Crippen LogP contribution in [0.3, 0.4) is 0 Å². The van der Waals surface area contributed by atoms with Gasteiger partial charge in [-0.25, -0.2) is 0 Å². The summed E-state index contributed by atoms with van der Waals surface area (Å²) in [7, 11) is 0. The van der Waals surface area contributed by atoms with Gasteiger partial charge in [0.25, 0.3) is 0 Å². The number of likely N-dealkylation sites (tertiary alicyclic amines) is 1. The number of hydrogen-bond donors (Lipinski definition) is 2. The Morgan fingerprint density at radius 3 is 2.94 bits per heavy atom. The molecule has 0 bridgehead atoms. The van der Waals surface area contributed by atoms with Gasteiger partial charge < -0.3 is 10.2 Å². The molecule has 0 spiro atoms. The number of halogens is 1. The Hall–Kier alpha value is -1.07. The topological polar surface area (TPSA) is 60.8 Å². The van der Waals surface area contributed by atoms with E-state index in [4.69, 9.17) is 5.11 Å². The monoisotopic (exact) mass is 299 g/mol. The number of carbonyl (C=O) groups is 1. The Morgan fingerprint density at radius 2 is 2.29 bits per heavy atom. The Bertz CT molecular complexity index is 436. The van der Waals surface area contributed by atoms with Crippen LogP contribution in [0.15, 0.2) is 22.7 Å². The standard InChI is InChI=1S/C12H14BrNO3/c13-10-1-2-11(15)9(5-10)7-14-4-3-8(6-14)12(16)17/h1-2,5,8,15H,3-4,6-7H2,(H,16,17)/t8-/m1/s1. The number of carboxylic acid groups (broad SMARTS) is 1. The van der Waals surface area contributed by atoms with E-state index >= 15 is 0 Å². The summed E-state index contributed by atoms with van der Waals surface area (Å²) >= 11 is 3.36. The zero-order chi connectivity index (χ0) is 12.4. The van der Waals surface area contributed by atoms with Crippen molar-refractivity contribution in [3.8, 4) is 5.75 Å². The minimum Gasteiger partial charge on any atom is -0.508 e. The molecule has 0 aromatic heterocycles. The third-order valence-corrected chi connectivity index (χ3v) is 3.55. The van der Waals surface area contributed by atoms with Crippen molar-refractivity contribution in [2.45, 2.75) is 13.0 Å². The zero-order valence-electron chi connectivity index (χ0n) is 9.27. The third kappa shape index (κ3) is 2.98. The molecule has 0 amide bonds. The zero-order valence-corrected chi connectivity index (χ0v) is 10.9. The second-order valence-electron chi connectivity index (χ2n) is 4.33. The molecule has 1 fully saturated rings. The third-order valence-electron chi connectivity index (χ3n) is 3.06. The highest BCUT2D eigenvalue weighted by Gasteiger charge is 2.28. The van der Waals surface area contributed by atoms with E-state index in [2.05, 4.69) is 20.8 Å². The maximum Gasteiger partial charge on any atom is 0.307 e. The van der Waals surface area contributed by atoms with Crippen molar-refractivity contribution in [1.29, 1.82) is 0 Å². The van der Waals surface area contributed by atoms with Crippen LogP contribution in [0.4, 0.5) is 0 Å². The van der Waals surface area contributed by atoms with Gasteiger partial charge in [-0.1, -0.05) is 15.9 Å². The number of aromatic hydroxyl groups is 1. The lowest BCUT2D eigenvalue weighted by Crippen LogP contribution is -2.22. The number of rotatable bonds is 3. The smallest absolute Gasteiger partial charge is 0.307 e.